The third-order valence-electron chi connectivity index (χ3n) is 3.27. The van der Waals surface area contributed by atoms with Crippen LogP contribution in [-0.2, 0) is 4.74 Å². The van der Waals surface area contributed by atoms with Crippen LogP contribution in [0.15, 0.2) is 4.52 Å². The van der Waals surface area contributed by atoms with Gasteiger partial charge in [-0.05, 0) is 32.8 Å². The molecule has 0 amide bonds. The van der Waals surface area contributed by atoms with Crippen LogP contribution in [0.4, 0.5) is 5.00 Å². The zero-order valence-corrected chi connectivity index (χ0v) is 13.2. The van der Waals surface area contributed by atoms with Gasteiger partial charge in [-0.3, -0.25) is 0 Å². The Labute approximate surface area is 123 Å². The van der Waals surface area contributed by atoms with Crippen LogP contribution in [-0.4, -0.2) is 16.7 Å². The van der Waals surface area contributed by atoms with Gasteiger partial charge in [-0.2, -0.15) is 4.98 Å². The molecule has 0 bridgehead atoms. The molecule has 0 aliphatic carbocycles. The number of aromatic nitrogens is 2. The minimum absolute atomic E-state index is 0.108. The molecule has 1 unspecified atom stereocenters. The minimum atomic E-state index is -0.108. The topological polar surface area (TPSA) is 74.2 Å². The molecule has 110 valence electrons. The molecule has 0 aliphatic rings. The summed E-state index contributed by atoms with van der Waals surface area (Å²) in [6.45, 7) is 8.77. The largest absolute Gasteiger partial charge is 0.390 e. The van der Waals surface area contributed by atoms with E-state index in [1.54, 1.807) is 11.3 Å². The second-order valence-corrected chi connectivity index (χ2v) is 5.97. The smallest absolute Gasteiger partial charge is 0.261 e. The lowest BCUT2D eigenvalue weighted by atomic mass is 10.1. The molecule has 20 heavy (non-hydrogen) atoms. The van der Waals surface area contributed by atoms with E-state index in [2.05, 4.69) is 17.1 Å². The number of thiophene rings is 1. The van der Waals surface area contributed by atoms with Gasteiger partial charge in [0, 0.05) is 11.5 Å². The van der Waals surface area contributed by atoms with Crippen molar-refractivity contribution in [2.24, 2.45) is 0 Å². The molecule has 2 heterocycles. The maximum atomic E-state index is 6.04. The van der Waals surface area contributed by atoms with Crippen LogP contribution in [0.2, 0.25) is 0 Å². The lowest BCUT2D eigenvalue weighted by Gasteiger charge is -2.11. The van der Waals surface area contributed by atoms with E-state index in [4.69, 9.17) is 15.0 Å². The average Bonchev–Trinajstić information content (AvgIpc) is 2.96. The van der Waals surface area contributed by atoms with Crippen molar-refractivity contribution in [1.29, 1.82) is 0 Å². The fraction of sp³-hybridized carbons (Fsp3) is 0.571. The Kier molecular flexibility index (Phi) is 4.77. The van der Waals surface area contributed by atoms with Gasteiger partial charge >= 0.3 is 0 Å². The van der Waals surface area contributed by atoms with E-state index in [0.717, 1.165) is 29.0 Å². The number of rotatable bonds is 6. The molecule has 2 aromatic heterocycles. The quantitative estimate of drug-likeness (QED) is 0.875. The van der Waals surface area contributed by atoms with Gasteiger partial charge in [-0.25, -0.2) is 0 Å². The first-order valence-corrected chi connectivity index (χ1v) is 7.71. The highest BCUT2D eigenvalue weighted by Crippen LogP contribution is 2.37. The summed E-state index contributed by atoms with van der Waals surface area (Å²) in [7, 11) is 0. The first-order valence-electron chi connectivity index (χ1n) is 6.89. The van der Waals surface area contributed by atoms with Crippen molar-refractivity contribution in [3.8, 4) is 11.5 Å². The third-order valence-corrected chi connectivity index (χ3v) is 4.31. The predicted molar refractivity (Wildman–Crippen MR) is 80.8 cm³/mol. The van der Waals surface area contributed by atoms with Gasteiger partial charge in [0.25, 0.3) is 5.89 Å². The van der Waals surface area contributed by atoms with Crippen molar-refractivity contribution in [3.63, 3.8) is 0 Å². The molecule has 6 heteroatoms. The number of aryl methyl sites for hydroxylation is 1. The number of hydrogen-bond donors (Lipinski definition) is 1. The molecule has 5 nitrogen and oxygen atoms in total. The SMILES string of the molecule is CCCC(OCC)c1noc(-c2c(N)sc(C)c2C)n1. The summed E-state index contributed by atoms with van der Waals surface area (Å²) in [6.07, 6.45) is 1.78. The standard InChI is InChI=1S/C14H21N3O2S/c1-5-7-10(18-6-2)13-16-14(19-17-13)11-8(3)9(4)20-12(11)15/h10H,5-7,15H2,1-4H3. The van der Waals surface area contributed by atoms with Crippen molar-refractivity contribution in [1.82, 2.24) is 10.1 Å². The van der Waals surface area contributed by atoms with Gasteiger partial charge in [0.1, 0.15) is 6.10 Å². The van der Waals surface area contributed by atoms with Gasteiger partial charge in [-0.15, -0.1) is 11.3 Å². The van der Waals surface area contributed by atoms with Crippen molar-refractivity contribution >= 4 is 16.3 Å². The number of ether oxygens (including phenoxy) is 1. The highest BCUT2D eigenvalue weighted by molar-refractivity contribution is 7.16. The van der Waals surface area contributed by atoms with Crippen LogP contribution in [0.25, 0.3) is 11.5 Å². The lowest BCUT2D eigenvalue weighted by Crippen LogP contribution is -2.06. The van der Waals surface area contributed by atoms with E-state index in [-0.39, 0.29) is 6.10 Å². The van der Waals surface area contributed by atoms with Crippen molar-refractivity contribution in [2.75, 3.05) is 12.3 Å². The molecule has 2 aromatic rings. The van der Waals surface area contributed by atoms with Crippen molar-refractivity contribution < 1.29 is 9.26 Å². The van der Waals surface area contributed by atoms with Gasteiger partial charge < -0.3 is 15.0 Å². The summed E-state index contributed by atoms with van der Waals surface area (Å²) < 4.78 is 11.1. The second-order valence-electron chi connectivity index (χ2n) is 4.71. The Balaban J connectivity index is 2.32. The van der Waals surface area contributed by atoms with Gasteiger partial charge in [0.2, 0.25) is 5.82 Å². The Hall–Kier alpha value is -1.40. The summed E-state index contributed by atoms with van der Waals surface area (Å²) in [4.78, 5) is 5.65. The molecule has 0 spiro atoms. The fourth-order valence-electron chi connectivity index (χ4n) is 2.14. The molecule has 0 radical (unpaired) electrons. The highest BCUT2D eigenvalue weighted by Gasteiger charge is 2.22. The van der Waals surface area contributed by atoms with E-state index in [9.17, 15) is 0 Å². The summed E-state index contributed by atoms with van der Waals surface area (Å²) in [6, 6.07) is 0. The van der Waals surface area contributed by atoms with E-state index < -0.39 is 0 Å². The molecule has 0 aliphatic heterocycles. The normalized spacial score (nSPS) is 12.8. The maximum Gasteiger partial charge on any atom is 0.261 e. The second kappa shape index (κ2) is 6.37. The van der Waals surface area contributed by atoms with Crippen molar-refractivity contribution in [2.45, 2.75) is 46.6 Å². The van der Waals surface area contributed by atoms with Crippen molar-refractivity contribution in [3.05, 3.63) is 16.3 Å². The van der Waals surface area contributed by atoms with E-state index >= 15 is 0 Å². The molecule has 0 aromatic carbocycles. The van der Waals surface area contributed by atoms with Gasteiger partial charge in [0.15, 0.2) is 0 Å². The minimum Gasteiger partial charge on any atom is -0.390 e. The third kappa shape index (κ3) is 2.86. The lowest BCUT2D eigenvalue weighted by molar-refractivity contribution is 0.0478. The molecule has 1 atom stereocenters. The Morgan fingerprint density at radius 3 is 2.65 bits per heavy atom. The van der Waals surface area contributed by atoms with Gasteiger partial charge in [-0.1, -0.05) is 18.5 Å². The molecule has 2 rings (SSSR count). The van der Waals surface area contributed by atoms with E-state index in [1.165, 1.54) is 4.88 Å². The van der Waals surface area contributed by atoms with Crippen LogP contribution in [0.1, 0.15) is 49.1 Å². The number of nitrogens with two attached hydrogens (primary N) is 1. The van der Waals surface area contributed by atoms with Crippen LogP contribution < -0.4 is 5.73 Å². The summed E-state index contributed by atoms with van der Waals surface area (Å²) in [5, 5.41) is 4.78. The summed E-state index contributed by atoms with van der Waals surface area (Å²) >= 11 is 1.55. The predicted octanol–water partition coefficient (Wildman–Crippen LogP) is 3.87. The fourth-order valence-corrected chi connectivity index (χ4v) is 3.06. The molecule has 0 saturated heterocycles. The van der Waals surface area contributed by atoms with E-state index in [0.29, 0.717) is 18.3 Å². The Bertz CT molecular complexity index is 571. The Morgan fingerprint density at radius 1 is 1.35 bits per heavy atom. The Morgan fingerprint density at radius 2 is 2.10 bits per heavy atom. The monoisotopic (exact) mass is 295 g/mol. The zero-order valence-electron chi connectivity index (χ0n) is 12.4. The first-order chi connectivity index (χ1) is 9.58. The number of anilines is 1. The maximum absolute atomic E-state index is 6.04. The van der Waals surface area contributed by atoms with Gasteiger partial charge in [0.05, 0.1) is 10.6 Å². The molecule has 0 saturated carbocycles. The number of nitrogen functional groups attached to an aromatic ring is 1. The van der Waals surface area contributed by atoms with Crippen LogP contribution in [0, 0.1) is 13.8 Å². The first kappa shape index (κ1) is 15.0. The summed E-state index contributed by atoms with van der Waals surface area (Å²) in [5.74, 6) is 1.09. The number of nitrogens with zero attached hydrogens (tertiary/aromatic N) is 2. The van der Waals surface area contributed by atoms with E-state index in [1.807, 2.05) is 20.8 Å². The average molecular weight is 295 g/mol. The summed E-state index contributed by atoms with van der Waals surface area (Å²) in [5.41, 5.74) is 8.00. The molecular formula is C14H21N3O2S. The van der Waals surface area contributed by atoms with Crippen LogP contribution >= 0.6 is 11.3 Å². The van der Waals surface area contributed by atoms with Crippen LogP contribution in [0.5, 0.6) is 0 Å². The zero-order chi connectivity index (χ0) is 14.7. The highest BCUT2D eigenvalue weighted by atomic mass is 32.1. The molecule has 2 N–H and O–H groups in total. The number of hydrogen-bond acceptors (Lipinski definition) is 6. The molecular weight excluding hydrogens is 274 g/mol. The van der Waals surface area contributed by atoms with Crippen LogP contribution in [0.3, 0.4) is 0 Å². The molecule has 0 fully saturated rings.